The molecule has 0 saturated heterocycles. The van der Waals surface area contributed by atoms with Crippen LogP contribution in [0.2, 0.25) is 0 Å². The molecule has 0 fully saturated rings. The molecule has 0 aromatic carbocycles. The Bertz CT molecular complexity index is 49.7. The molecule has 2 amide bonds. The maximum Gasteiger partial charge on any atom is 0.343 e. The van der Waals surface area contributed by atoms with Crippen molar-refractivity contribution in [3.05, 3.63) is 0 Å². The number of nitrogens with two attached hydrogens (primary N) is 2. The van der Waals surface area contributed by atoms with Gasteiger partial charge in [-0.2, -0.15) is 0 Å². The Hall–Kier alpha value is -0.187. The van der Waals surface area contributed by atoms with Crippen LogP contribution in [0, 0.1) is 0 Å². The third-order valence-corrected chi connectivity index (χ3v) is 0.262. The van der Waals surface area contributed by atoms with E-state index in [1.165, 1.54) is 0 Å². The van der Waals surface area contributed by atoms with Gasteiger partial charge in [0.2, 0.25) is 0 Å². The first-order valence-electron chi connectivity index (χ1n) is 1.28. The summed E-state index contributed by atoms with van der Waals surface area (Å²) in [4.78, 5) is 9.71. The van der Waals surface area contributed by atoms with Crippen LogP contribution in [0.15, 0.2) is 0 Å². The van der Waals surface area contributed by atoms with E-state index in [0.29, 0.717) is 0 Å². The minimum absolute atomic E-state index is 0. The molecule has 0 heterocycles. The summed E-state index contributed by atoms with van der Waals surface area (Å²) < 4.78 is 0. The molecule has 0 saturated carbocycles. The molecule has 0 aromatic rings. The van der Waals surface area contributed by atoms with Crippen molar-refractivity contribution in [1.82, 2.24) is 10.9 Å². The molecular weight excluding hydrogens is 185 g/mol. The predicted octanol–water partition coefficient (Wildman–Crippen LogP) is -1.97. The van der Waals surface area contributed by atoms with E-state index in [2.05, 4.69) is 11.7 Å². The van der Waals surface area contributed by atoms with E-state index in [1.807, 2.05) is 0 Å². The Morgan fingerprint density at radius 3 is 1.57 bits per heavy atom. The number of urea groups is 1. The molecule has 7 heavy (non-hydrogen) atoms. The van der Waals surface area contributed by atoms with Crippen molar-refractivity contribution in [2.45, 2.75) is 0 Å². The third kappa shape index (κ3) is 5.81. The van der Waals surface area contributed by atoms with E-state index in [1.54, 1.807) is 10.9 Å². The number of amides is 2. The van der Waals surface area contributed by atoms with Crippen molar-refractivity contribution in [3.63, 3.8) is 0 Å². The summed E-state index contributed by atoms with van der Waals surface area (Å²) in [7, 11) is 0. The van der Waals surface area contributed by atoms with Crippen LogP contribution in [-0.4, -0.2) is 6.03 Å². The van der Waals surface area contributed by atoms with Gasteiger partial charge < -0.3 is 0 Å². The quantitative estimate of drug-likeness (QED) is 0.155. The van der Waals surface area contributed by atoms with Gasteiger partial charge in [0.1, 0.15) is 0 Å². The summed E-state index contributed by atoms with van der Waals surface area (Å²) in [5.41, 5.74) is 3.48. The van der Waals surface area contributed by atoms with Crippen LogP contribution in [0.4, 0.5) is 4.79 Å². The second-order valence-corrected chi connectivity index (χ2v) is 0.618. The smallest absolute Gasteiger partial charge is 0.275 e. The Kier molecular flexibility index (Phi) is 8.25. The van der Waals surface area contributed by atoms with Gasteiger partial charge in [-0.25, -0.2) is 16.5 Å². The van der Waals surface area contributed by atoms with Crippen LogP contribution in [-0.2, 0) is 19.5 Å². The van der Waals surface area contributed by atoms with Crippen molar-refractivity contribution in [3.8, 4) is 0 Å². The fourth-order valence-electron chi connectivity index (χ4n) is 0.0417. The van der Waals surface area contributed by atoms with Crippen molar-refractivity contribution >= 4 is 6.03 Å². The summed E-state index contributed by atoms with van der Waals surface area (Å²) >= 11 is 0. The van der Waals surface area contributed by atoms with E-state index in [0.717, 1.165) is 0 Å². The first kappa shape index (κ1) is 9.94. The van der Waals surface area contributed by atoms with Crippen molar-refractivity contribution < 1.29 is 24.3 Å². The third-order valence-electron chi connectivity index (χ3n) is 0.262. The fraction of sp³-hybridized carbons (Fsp3) is 0. The second-order valence-electron chi connectivity index (χ2n) is 0.618. The van der Waals surface area contributed by atoms with Gasteiger partial charge in [0.05, 0.1) is 0 Å². The van der Waals surface area contributed by atoms with Gasteiger partial charge >= 0.3 is 6.03 Å². The van der Waals surface area contributed by atoms with Gasteiger partial charge in [-0.05, 0) is 0 Å². The zero-order chi connectivity index (χ0) is 4.99. The standard InChI is InChI=1S/CH6N4O.Ru/c2-4-1(6)5-3;/h2-3H2,(H2,4,5,6);. The predicted molar refractivity (Wildman–Crippen MR) is 20.0 cm³/mol. The Labute approximate surface area is 53.5 Å². The van der Waals surface area contributed by atoms with Gasteiger partial charge in [-0.1, -0.05) is 0 Å². The Morgan fingerprint density at radius 2 is 1.57 bits per heavy atom. The molecule has 0 bridgehead atoms. The minimum Gasteiger partial charge on any atom is -0.275 e. The molecule has 0 unspecified atom stereocenters. The molecule has 6 N–H and O–H groups in total. The van der Waals surface area contributed by atoms with Gasteiger partial charge in [0.15, 0.2) is 0 Å². The maximum atomic E-state index is 9.71. The average molecular weight is 191 g/mol. The van der Waals surface area contributed by atoms with Crippen molar-refractivity contribution in [2.75, 3.05) is 0 Å². The van der Waals surface area contributed by atoms with Crippen LogP contribution >= 0.6 is 0 Å². The molecule has 0 aromatic heterocycles. The number of carbonyl (C=O) groups is 1. The molecule has 0 aliphatic rings. The number of carbonyl (C=O) groups excluding carboxylic acids is 1. The topological polar surface area (TPSA) is 93.2 Å². The van der Waals surface area contributed by atoms with E-state index in [4.69, 9.17) is 0 Å². The monoisotopic (exact) mass is 192 g/mol. The van der Waals surface area contributed by atoms with Crippen molar-refractivity contribution in [2.24, 2.45) is 11.7 Å². The van der Waals surface area contributed by atoms with Crippen LogP contribution in [0.3, 0.4) is 0 Å². The number of hydrogen-bond acceptors (Lipinski definition) is 3. The Morgan fingerprint density at radius 1 is 1.29 bits per heavy atom. The molecule has 0 radical (unpaired) electrons. The number of nitrogens with one attached hydrogen (secondary N) is 2. The fourth-order valence-corrected chi connectivity index (χ4v) is 0.0417. The molecule has 0 spiro atoms. The van der Waals surface area contributed by atoms with Gasteiger partial charge in [0.25, 0.3) is 0 Å². The molecule has 6 heteroatoms. The molecule has 0 rings (SSSR count). The van der Waals surface area contributed by atoms with Gasteiger partial charge in [-0.15, -0.1) is 0 Å². The summed E-state index contributed by atoms with van der Waals surface area (Å²) in [5, 5.41) is 0. The van der Waals surface area contributed by atoms with E-state index in [-0.39, 0.29) is 19.5 Å². The summed E-state index contributed by atoms with van der Waals surface area (Å²) in [6.45, 7) is 0. The summed E-state index contributed by atoms with van der Waals surface area (Å²) in [5.74, 6) is 9.08. The van der Waals surface area contributed by atoms with Crippen LogP contribution < -0.4 is 22.5 Å². The van der Waals surface area contributed by atoms with Gasteiger partial charge in [-0.3, -0.25) is 10.9 Å². The SMILES string of the molecule is NNC(=O)NN.[Ru]. The van der Waals surface area contributed by atoms with E-state index >= 15 is 0 Å². The zero-order valence-electron chi connectivity index (χ0n) is 3.42. The zero-order valence-corrected chi connectivity index (χ0v) is 5.15. The molecular formula is CH6N4ORu. The Balaban J connectivity index is 0. The van der Waals surface area contributed by atoms with E-state index < -0.39 is 6.03 Å². The number of hydrazine groups is 2. The summed E-state index contributed by atoms with van der Waals surface area (Å²) in [6, 6.07) is -0.602. The molecule has 0 aliphatic heterocycles. The van der Waals surface area contributed by atoms with Crippen LogP contribution in [0.1, 0.15) is 0 Å². The van der Waals surface area contributed by atoms with Crippen LogP contribution in [0.5, 0.6) is 0 Å². The minimum atomic E-state index is -0.602. The van der Waals surface area contributed by atoms with Crippen molar-refractivity contribution in [1.29, 1.82) is 0 Å². The second kappa shape index (κ2) is 5.81. The molecule has 0 atom stereocenters. The molecule has 0 aliphatic carbocycles. The normalized spacial score (nSPS) is 6.00. The average Bonchev–Trinajstić information content (AvgIpc) is 1.65. The first-order chi connectivity index (χ1) is 2.81. The van der Waals surface area contributed by atoms with Crippen LogP contribution in [0.25, 0.3) is 0 Å². The largest absolute Gasteiger partial charge is 0.343 e. The summed E-state index contributed by atoms with van der Waals surface area (Å²) in [6.07, 6.45) is 0. The molecule has 44 valence electrons. The first-order valence-corrected chi connectivity index (χ1v) is 1.28. The van der Waals surface area contributed by atoms with Gasteiger partial charge in [0, 0.05) is 19.5 Å². The molecule has 5 nitrogen and oxygen atoms in total. The number of rotatable bonds is 0. The maximum absolute atomic E-state index is 9.71. The van der Waals surface area contributed by atoms with E-state index in [9.17, 15) is 4.79 Å². The number of hydrogen-bond donors (Lipinski definition) is 4.